The van der Waals surface area contributed by atoms with Gasteiger partial charge in [-0.15, -0.1) is 0 Å². The largest absolute Gasteiger partial charge is 0.463 e. The Morgan fingerprint density at radius 3 is 2.92 bits per heavy atom. The van der Waals surface area contributed by atoms with Crippen LogP contribution in [-0.2, 0) is 14.3 Å². The lowest BCUT2D eigenvalue weighted by Crippen LogP contribution is -2.25. The van der Waals surface area contributed by atoms with Crippen molar-refractivity contribution in [1.29, 1.82) is 5.26 Å². The first-order valence-electron chi connectivity index (χ1n) is 7.65. The van der Waals surface area contributed by atoms with Gasteiger partial charge in [0.1, 0.15) is 17.4 Å². The fourth-order valence-corrected chi connectivity index (χ4v) is 2.94. The number of aliphatic imine (C=N–C) groups is 1. The van der Waals surface area contributed by atoms with Crippen LogP contribution >= 0.6 is 0 Å². The molecule has 1 atom stereocenters. The topological polar surface area (TPSA) is 115 Å². The Bertz CT molecular complexity index is 919. The van der Waals surface area contributed by atoms with Crippen molar-refractivity contribution >= 4 is 18.1 Å². The van der Waals surface area contributed by atoms with Gasteiger partial charge in [0.2, 0.25) is 5.88 Å². The number of nitrogens with two attached hydrogens (primary N) is 1. The molecule has 1 amide bonds. The van der Waals surface area contributed by atoms with Crippen LogP contribution in [0.5, 0.6) is 0 Å². The molecule has 2 heterocycles. The second-order valence-corrected chi connectivity index (χ2v) is 5.53. The molecule has 0 radical (unpaired) electrons. The first-order chi connectivity index (χ1) is 12.0. The summed E-state index contributed by atoms with van der Waals surface area (Å²) in [7, 11) is 0. The van der Waals surface area contributed by atoms with E-state index in [0.29, 0.717) is 16.7 Å². The van der Waals surface area contributed by atoms with Crippen molar-refractivity contribution in [3.05, 3.63) is 57.7 Å². The molecular formula is C18H15N3O4. The number of allylic oxidation sites excluding steroid dienone is 2. The highest BCUT2D eigenvalue weighted by atomic mass is 16.5. The quantitative estimate of drug-likeness (QED) is 0.842. The van der Waals surface area contributed by atoms with E-state index >= 15 is 0 Å². The third-order valence-electron chi connectivity index (χ3n) is 4.06. The van der Waals surface area contributed by atoms with Crippen molar-refractivity contribution in [1.82, 2.24) is 0 Å². The predicted octanol–water partition coefficient (Wildman–Crippen LogP) is 1.90. The number of rotatable bonds is 3. The monoisotopic (exact) mass is 337 g/mol. The molecule has 25 heavy (non-hydrogen) atoms. The zero-order valence-electron chi connectivity index (χ0n) is 13.7. The third kappa shape index (κ3) is 2.68. The summed E-state index contributed by atoms with van der Waals surface area (Å²) < 4.78 is 10.5. The van der Waals surface area contributed by atoms with Crippen molar-refractivity contribution in [2.24, 2.45) is 10.7 Å². The van der Waals surface area contributed by atoms with Gasteiger partial charge in [0.25, 0.3) is 5.91 Å². The van der Waals surface area contributed by atoms with E-state index in [1.807, 2.05) is 6.07 Å². The van der Waals surface area contributed by atoms with Gasteiger partial charge in [-0.05, 0) is 25.5 Å². The number of carbonyl (C=O) groups excluding carboxylic acids is 2. The molecule has 1 unspecified atom stereocenters. The summed E-state index contributed by atoms with van der Waals surface area (Å²) in [4.78, 5) is 28.1. The molecule has 0 saturated heterocycles. The van der Waals surface area contributed by atoms with E-state index in [-0.39, 0.29) is 35.3 Å². The lowest BCUT2D eigenvalue weighted by atomic mass is 9.82. The maximum Gasteiger partial charge on any atom is 0.338 e. The molecule has 1 aromatic carbocycles. The predicted molar refractivity (Wildman–Crippen MR) is 88.4 cm³/mol. The second kappa shape index (κ2) is 6.24. The minimum atomic E-state index is -0.767. The molecule has 0 spiro atoms. The lowest BCUT2D eigenvalue weighted by molar-refractivity contribution is -0.139. The molecule has 0 fully saturated rings. The van der Waals surface area contributed by atoms with Crippen LogP contribution in [0.15, 0.2) is 46.0 Å². The fraction of sp³-hybridized carbons (Fsp3) is 0.222. The van der Waals surface area contributed by atoms with Crippen molar-refractivity contribution < 1.29 is 19.1 Å². The molecule has 0 saturated carbocycles. The van der Waals surface area contributed by atoms with Gasteiger partial charge in [0, 0.05) is 11.8 Å². The summed E-state index contributed by atoms with van der Waals surface area (Å²) in [6, 6.07) is 7.08. The van der Waals surface area contributed by atoms with E-state index in [0.717, 1.165) is 0 Å². The number of ether oxygens (including phenoxy) is 2. The van der Waals surface area contributed by atoms with Gasteiger partial charge in [-0.25, -0.2) is 9.79 Å². The van der Waals surface area contributed by atoms with Crippen molar-refractivity contribution in [2.75, 3.05) is 6.61 Å². The highest BCUT2D eigenvalue weighted by Crippen LogP contribution is 2.40. The van der Waals surface area contributed by atoms with Gasteiger partial charge in [-0.2, -0.15) is 5.26 Å². The zero-order valence-corrected chi connectivity index (χ0v) is 13.7. The normalized spacial score (nSPS) is 18.8. The average molecular weight is 337 g/mol. The second-order valence-electron chi connectivity index (χ2n) is 5.53. The minimum Gasteiger partial charge on any atom is -0.463 e. The Kier molecular flexibility index (Phi) is 4.11. The SMILES string of the molecule is CCOC(=O)C1=C(C)OC(N)=C(C#N)C1c1ccc2c(c1)C(=O)N=C2. The Balaban J connectivity index is 2.16. The van der Waals surface area contributed by atoms with Crippen LogP contribution < -0.4 is 5.73 Å². The van der Waals surface area contributed by atoms with Gasteiger partial charge in [-0.1, -0.05) is 12.1 Å². The van der Waals surface area contributed by atoms with Gasteiger partial charge in [-0.3, -0.25) is 4.79 Å². The molecule has 1 aromatic rings. The zero-order chi connectivity index (χ0) is 18.1. The molecule has 2 aliphatic heterocycles. The number of benzene rings is 1. The number of esters is 1. The molecule has 0 bridgehead atoms. The molecule has 7 heteroatoms. The maximum atomic E-state index is 12.4. The Labute approximate surface area is 144 Å². The average Bonchev–Trinajstić information content (AvgIpc) is 2.95. The number of hydrogen-bond donors (Lipinski definition) is 1. The van der Waals surface area contributed by atoms with Gasteiger partial charge in [0.05, 0.1) is 23.7 Å². The van der Waals surface area contributed by atoms with Crippen molar-refractivity contribution in [3.8, 4) is 6.07 Å². The van der Waals surface area contributed by atoms with E-state index in [9.17, 15) is 14.9 Å². The maximum absolute atomic E-state index is 12.4. The molecule has 2 N–H and O–H groups in total. The number of amides is 1. The van der Waals surface area contributed by atoms with Crippen LogP contribution in [0.1, 0.15) is 41.3 Å². The van der Waals surface area contributed by atoms with Crippen LogP contribution in [-0.4, -0.2) is 24.7 Å². The summed E-state index contributed by atoms with van der Waals surface area (Å²) >= 11 is 0. The molecule has 0 aliphatic carbocycles. The van der Waals surface area contributed by atoms with E-state index in [2.05, 4.69) is 4.99 Å². The molecule has 7 nitrogen and oxygen atoms in total. The lowest BCUT2D eigenvalue weighted by Gasteiger charge is -2.27. The molecular weight excluding hydrogens is 322 g/mol. The highest BCUT2D eigenvalue weighted by molar-refractivity contribution is 6.13. The summed E-state index contributed by atoms with van der Waals surface area (Å²) in [5.74, 6) is -1.52. The van der Waals surface area contributed by atoms with E-state index in [1.54, 1.807) is 32.0 Å². The highest BCUT2D eigenvalue weighted by Gasteiger charge is 2.36. The summed E-state index contributed by atoms with van der Waals surface area (Å²) in [5.41, 5.74) is 7.81. The number of fused-ring (bicyclic) bond motifs is 1. The van der Waals surface area contributed by atoms with Gasteiger partial charge >= 0.3 is 5.97 Å². The summed E-state index contributed by atoms with van der Waals surface area (Å²) in [5, 5.41) is 9.52. The van der Waals surface area contributed by atoms with Crippen molar-refractivity contribution in [3.63, 3.8) is 0 Å². The molecule has 126 valence electrons. The number of hydrogen-bond acceptors (Lipinski definition) is 6. The van der Waals surface area contributed by atoms with E-state index in [1.165, 1.54) is 6.21 Å². The number of carbonyl (C=O) groups is 2. The first kappa shape index (κ1) is 16.5. The van der Waals surface area contributed by atoms with E-state index < -0.39 is 11.9 Å². The van der Waals surface area contributed by atoms with Crippen LogP contribution in [0.25, 0.3) is 0 Å². The van der Waals surface area contributed by atoms with E-state index in [4.69, 9.17) is 15.2 Å². The standard InChI is InChI=1S/C18H15N3O4/c1-3-24-18(23)14-9(2)25-16(20)13(7-19)15(14)10-4-5-11-8-21-17(22)12(11)6-10/h4-6,8,15H,3,20H2,1-2H3. The number of nitriles is 1. The Hall–Kier alpha value is -3.40. The van der Waals surface area contributed by atoms with Gasteiger partial charge in [0.15, 0.2) is 0 Å². The van der Waals surface area contributed by atoms with Crippen LogP contribution in [0, 0.1) is 11.3 Å². The molecule has 0 aromatic heterocycles. The van der Waals surface area contributed by atoms with Gasteiger partial charge < -0.3 is 15.2 Å². The summed E-state index contributed by atoms with van der Waals surface area (Å²) in [6.45, 7) is 3.45. The van der Waals surface area contributed by atoms with Crippen LogP contribution in [0.3, 0.4) is 0 Å². The molecule has 2 aliphatic rings. The summed E-state index contributed by atoms with van der Waals surface area (Å²) in [6.07, 6.45) is 1.48. The van der Waals surface area contributed by atoms with Crippen LogP contribution in [0.4, 0.5) is 0 Å². The smallest absolute Gasteiger partial charge is 0.338 e. The fourth-order valence-electron chi connectivity index (χ4n) is 2.94. The Morgan fingerprint density at radius 1 is 1.48 bits per heavy atom. The van der Waals surface area contributed by atoms with Crippen LogP contribution in [0.2, 0.25) is 0 Å². The van der Waals surface area contributed by atoms with Crippen molar-refractivity contribution in [2.45, 2.75) is 19.8 Å². The first-order valence-corrected chi connectivity index (χ1v) is 7.65. The Morgan fingerprint density at radius 2 is 2.24 bits per heavy atom. The minimum absolute atomic E-state index is 0.0684. The number of nitrogens with zero attached hydrogens (tertiary/aromatic N) is 2. The third-order valence-corrected chi connectivity index (χ3v) is 4.06. The molecule has 3 rings (SSSR count).